The summed E-state index contributed by atoms with van der Waals surface area (Å²) < 4.78 is 36.6. The number of tetrazole rings is 1. The second kappa shape index (κ2) is 18.3. The van der Waals surface area contributed by atoms with Crippen LogP contribution in [0, 0.1) is 0 Å². The Labute approximate surface area is 330 Å². The molecule has 5 aromatic rings. The Morgan fingerprint density at radius 2 is 1.40 bits per heavy atom. The first-order chi connectivity index (χ1) is 27.8. The fourth-order valence-electron chi connectivity index (χ4n) is 7.46. The van der Waals surface area contributed by atoms with Gasteiger partial charge >= 0.3 is 18.3 Å². The van der Waals surface area contributed by atoms with Gasteiger partial charge in [0.25, 0.3) is 6.01 Å². The molecule has 15 nitrogen and oxygen atoms in total. The standard InChI is InChI=1S/C42H48N6O9/c1-4-52-40-43-37-35(39(49)54-28(3)55-42(51)57-32-16-9-6-10-17-32)20-13-21-36(37)47(40)26-29-22-24-30(25-23-29)33-18-11-12-19-34(33)38-44-45-46-48(38)27(2)53-41(50)56-31-14-7-5-8-15-31/h11-13,18-25,27-28,31-32H,4-10,14-17,26H2,1-3H3. The molecule has 0 aliphatic heterocycles. The van der Waals surface area contributed by atoms with Gasteiger partial charge in [-0.2, -0.15) is 9.67 Å². The van der Waals surface area contributed by atoms with E-state index in [2.05, 4.69) is 20.5 Å². The molecule has 0 N–H and O–H groups in total. The van der Waals surface area contributed by atoms with E-state index in [0.29, 0.717) is 36.0 Å². The fourth-order valence-corrected chi connectivity index (χ4v) is 7.46. The van der Waals surface area contributed by atoms with Crippen molar-refractivity contribution in [2.45, 2.75) is 116 Å². The van der Waals surface area contributed by atoms with Crippen molar-refractivity contribution in [2.24, 2.45) is 0 Å². The van der Waals surface area contributed by atoms with Gasteiger partial charge in [-0.25, -0.2) is 14.4 Å². The van der Waals surface area contributed by atoms with Crippen molar-refractivity contribution >= 4 is 29.3 Å². The van der Waals surface area contributed by atoms with Crippen molar-refractivity contribution in [1.82, 2.24) is 29.8 Å². The molecule has 0 bridgehead atoms. The highest BCUT2D eigenvalue weighted by molar-refractivity contribution is 6.02. The zero-order valence-electron chi connectivity index (χ0n) is 32.5. The molecule has 2 atom stereocenters. The number of hydrogen-bond acceptors (Lipinski definition) is 13. The first-order valence-electron chi connectivity index (χ1n) is 19.8. The lowest BCUT2D eigenvalue weighted by Crippen LogP contribution is -2.26. The Bertz CT molecular complexity index is 2150. The van der Waals surface area contributed by atoms with Crippen LogP contribution in [-0.2, 0) is 30.2 Å². The molecule has 2 saturated carbocycles. The van der Waals surface area contributed by atoms with Crippen LogP contribution in [0.4, 0.5) is 9.59 Å². The predicted octanol–water partition coefficient (Wildman–Crippen LogP) is 8.80. The molecule has 57 heavy (non-hydrogen) atoms. The fraction of sp³-hybridized carbons (Fsp3) is 0.452. The average molecular weight is 781 g/mol. The van der Waals surface area contributed by atoms with Gasteiger partial charge in [0.1, 0.15) is 17.7 Å². The number of fused-ring (bicyclic) bond motifs is 1. The minimum Gasteiger partial charge on any atom is -0.465 e. The van der Waals surface area contributed by atoms with Crippen LogP contribution in [0.1, 0.15) is 107 Å². The summed E-state index contributed by atoms with van der Waals surface area (Å²) in [6.45, 7) is 5.79. The third kappa shape index (κ3) is 9.52. The van der Waals surface area contributed by atoms with E-state index in [0.717, 1.165) is 86.5 Å². The Kier molecular flexibility index (Phi) is 12.6. The van der Waals surface area contributed by atoms with Crippen LogP contribution in [0.25, 0.3) is 33.5 Å². The van der Waals surface area contributed by atoms with E-state index in [1.54, 1.807) is 19.1 Å². The van der Waals surface area contributed by atoms with Gasteiger partial charge in [-0.15, -0.1) is 5.10 Å². The van der Waals surface area contributed by atoms with Gasteiger partial charge in [0.15, 0.2) is 12.1 Å². The van der Waals surface area contributed by atoms with Crippen LogP contribution in [0.5, 0.6) is 6.01 Å². The molecule has 0 saturated heterocycles. The first kappa shape index (κ1) is 39.3. The molecule has 2 heterocycles. The third-order valence-electron chi connectivity index (χ3n) is 10.3. The lowest BCUT2D eigenvalue weighted by Gasteiger charge is -2.22. The van der Waals surface area contributed by atoms with Crippen molar-refractivity contribution in [3.05, 3.63) is 77.9 Å². The van der Waals surface area contributed by atoms with Crippen LogP contribution in [0.3, 0.4) is 0 Å². The largest absolute Gasteiger partial charge is 0.511 e. The number of aromatic nitrogens is 6. The molecule has 2 aromatic heterocycles. The highest BCUT2D eigenvalue weighted by Crippen LogP contribution is 2.33. The Morgan fingerprint density at radius 3 is 2.07 bits per heavy atom. The van der Waals surface area contributed by atoms with Crippen molar-refractivity contribution in [2.75, 3.05) is 6.61 Å². The summed E-state index contributed by atoms with van der Waals surface area (Å²) in [4.78, 5) is 43.0. The maximum atomic E-state index is 13.4. The minimum absolute atomic E-state index is 0.130. The number of esters is 1. The number of nitrogens with zero attached hydrogens (tertiary/aromatic N) is 6. The van der Waals surface area contributed by atoms with Crippen LogP contribution in [0.15, 0.2) is 66.7 Å². The maximum Gasteiger partial charge on any atom is 0.511 e. The molecule has 2 unspecified atom stereocenters. The lowest BCUT2D eigenvalue weighted by molar-refractivity contribution is -0.0914. The molecule has 15 heteroatoms. The van der Waals surface area contributed by atoms with Gasteiger partial charge in [0.2, 0.25) is 6.29 Å². The van der Waals surface area contributed by atoms with Crippen LogP contribution in [0.2, 0.25) is 0 Å². The Hall–Kier alpha value is -5.99. The zero-order valence-corrected chi connectivity index (χ0v) is 32.5. The molecule has 2 fully saturated rings. The highest BCUT2D eigenvalue weighted by atomic mass is 16.8. The number of para-hydroxylation sites is 1. The smallest absolute Gasteiger partial charge is 0.465 e. The van der Waals surface area contributed by atoms with Crippen molar-refractivity contribution in [3.63, 3.8) is 0 Å². The summed E-state index contributed by atoms with van der Waals surface area (Å²) in [6.07, 6.45) is 5.77. The van der Waals surface area contributed by atoms with Gasteiger partial charge in [0, 0.05) is 12.5 Å². The van der Waals surface area contributed by atoms with E-state index >= 15 is 0 Å². The second-order valence-corrected chi connectivity index (χ2v) is 14.3. The Morgan fingerprint density at radius 1 is 0.754 bits per heavy atom. The topological polar surface area (TPSA) is 168 Å². The molecule has 7 rings (SSSR count). The summed E-state index contributed by atoms with van der Waals surface area (Å²) in [7, 11) is 0. The van der Waals surface area contributed by atoms with E-state index in [1.165, 1.54) is 11.6 Å². The SMILES string of the molecule is CCOc1nc2c(C(=O)OC(C)OC(=O)OC3CCCCC3)cccc2n1Cc1ccc(-c2ccccc2-c2nnnn2C(C)OC(=O)OC2CCCCC2)cc1. The number of carbonyl (C=O) groups excluding carboxylic acids is 3. The van der Waals surface area contributed by atoms with E-state index in [1.807, 2.05) is 66.1 Å². The molecular formula is C42H48N6O9. The van der Waals surface area contributed by atoms with E-state index in [9.17, 15) is 14.4 Å². The van der Waals surface area contributed by atoms with Gasteiger partial charge < -0.3 is 28.4 Å². The molecule has 2 aliphatic rings. The van der Waals surface area contributed by atoms with Crippen LogP contribution in [-0.4, -0.2) is 73.1 Å². The summed E-state index contributed by atoms with van der Waals surface area (Å²) in [5.74, 6) is -0.255. The Balaban J connectivity index is 1.05. The number of carbonyl (C=O) groups is 3. The predicted molar refractivity (Wildman–Crippen MR) is 207 cm³/mol. The summed E-state index contributed by atoms with van der Waals surface area (Å²) in [5, 5.41) is 12.3. The van der Waals surface area contributed by atoms with E-state index < -0.39 is 30.8 Å². The van der Waals surface area contributed by atoms with Crippen molar-refractivity contribution < 1.29 is 42.8 Å². The highest BCUT2D eigenvalue weighted by Gasteiger charge is 2.26. The molecule has 0 amide bonds. The maximum absolute atomic E-state index is 13.4. The molecule has 3 aromatic carbocycles. The summed E-state index contributed by atoms with van der Waals surface area (Å²) in [6, 6.07) is 21.3. The summed E-state index contributed by atoms with van der Waals surface area (Å²) >= 11 is 0. The quantitative estimate of drug-likeness (QED) is 0.0632. The number of rotatable bonds is 13. The van der Waals surface area contributed by atoms with Gasteiger partial charge in [-0.3, -0.25) is 4.57 Å². The minimum atomic E-state index is -1.17. The van der Waals surface area contributed by atoms with Gasteiger partial charge in [0.05, 0.1) is 24.2 Å². The number of ether oxygens (including phenoxy) is 6. The number of hydrogen-bond donors (Lipinski definition) is 0. The normalized spacial score (nSPS) is 16.1. The average Bonchev–Trinajstić information content (AvgIpc) is 3.84. The molecule has 0 radical (unpaired) electrons. The van der Waals surface area contributed by atoms with Gasteiger partial charge in [-0.1, -0.05) is 67.4 Å². The summed E-state index contributed by atoms with van der Waals surface area (Å²) in [5.41, 5.74) is 4.77. The third-order valence-corrected chi connectivity index (χ3v) is 10.3. The molecule has 2 aliphatic carbocycles. The monoisotopic (exact) mass is 780 g/mol. The van der Waals surface area contributed by atoms with E-state index in [4.69, 9.17) is 28.4 Å². The van der Waals surface area contributed by atoms with Crippen molar-refractivity contribution in [3.8, 4) is 28.5 Å². The first-order valence-corrected chi connectivity index (χ1v) is 19.8. The number of benzene rings is 3. The second-order valence-electron chi connectivity index (χ2n) is 14.3. The zero-order chi connectivity index (χ0) is 39.7. The van der Waals surface area contributed by atoms with Gasteiger partial charge in [-0.05, 0) is 104 Å². The van der Waals surface area contributed by atoms with Crippen molar-refractivity contribution in [1.29, 1.82) is 0 Å². The molecular weight excluding hydrogens is 732 g/mol. The van der Waals surface area contributed by atoms with E-state index in [-0.39, 0.29) is 17.8 Å². The molecule has 300 valence electrons. The van der Waals surface area contributed by atoms with Crippen LogP contribution >= 0.6 is 0 Å². The van der Waals surface area contributed by atoms with Crippen LogP contribution < -0.4 is 4.74 Å². The lowest BCUT2D eigenvalue weighted by atomic mass is 9.98. The molecule has 0 spiro atoms. The number of imidazole rings is 1.